The summed E-state index contributed by atoms with van der Waals surface area (Å²) in [5.74, 6) is 0. The van der Waals surface area contributed by atoms with Gasteiger partial charge in [-0.2, -0.15) is 0 Å². The summed E-state index contributed by atoms with van der Waals surface area (Å²) in [5.41, 5.74) is 0. The molecule has 89 valence electrons. The van der Waals surface area contributed by atoms with Crippen LogP contribution in [-0.4, -0.2) is 0 Å². The van der Waals surface area contributed by atoms with Gasteiger partial charge in [0.25, 0.3) is 0 Å². The first-order valence-corrected chi connectivity index (χ1v) is 6.36. The van der Waals surface area contributed by atoms with Gasteiger partial charge in [-0.1, -0.05) is 74.8 Å². The van der Waals surface area contributed by atoms with Gasteiger partial charge in [-0.25, -0.2) is 0 Å². The van der Waals surface area contributed by atoms with Gasteiger partial charge in [0.05, 0.1) is 0 Å². The summed E-state index contributed by atoms with van der Waals surface area (Å²) < 4.78 is 0. The van der Waals surface area contributed by atoms with Crippen LogP contribution in [0.4, 0.5) is 0 Å². The van der Waals surface area contributed by atoms with Gasteiger partial charge in [0, 0.05) is 0 Å². The summed E-state index contributed by atoms with van der Waals surface area (Å²) in [6, 6.07) is 0. The molecule has 0 aromatic rings. The lowest BCUT2D eigenvalue weighted by molar-refractivity contribution is 0.674. The van der Waals surface area contributed by atoms with Crippen molar-refractivity contribution in [1.29, 1.82) is 0 Å². The molecular formula is C16H25. The molecular weight excluding hydrogens is 192 g/mol. The van der Waals surface area contributed by atoms with E-state index in [-0.39, 0.29) is 0 Å². The number of rotatable bonds is 9. The van der Waals surface area contributed by atoms with Gasteiger partial charge in [0.15, 0.2) is 0 Å². The van der Waals surface area contributed by atoms with E-state index in [2.05, 4.69) is 38.2 Å². The molecule has 0 saturated heterocycles. The summed E-state index contributed by atoms with van der Waals surface area (Å²) in [6.07, 6.45) is 24.0. The Kier molecular flexibility index (Phi) is 13.1. The molecule has 0 amide bonds. The minimum Gasteiger partial charge on any atom is -0.0845 e. The van der Waals surface area contributed by atoms with Crippen molar-refractivity contribution >= 4 is 0 Å². The van der Waals surface area contributed by atoms with Crippen molar-refractivity contribution < 1.29 is 0 Å². The summed E-state index contributed by atoms with van der Waals surface area (Å²) in [6.45, 7) is 5.97. The van der Waals surface area contributed by atoms with Crippen LogP contribution in [0.15, 0.2) is 48.6 Å². The fourth-order valence-corrected chi connectivity index (χ4v) is 1.30. The van der Waals surface area contributed by atoms with Crippen LogP contribution in [-0.2, 0) is 0 Å². The predicted molar refractivity (Wildman–Crippen MR) is 75.3 cm³/mol. The Balaban J connectivity index is 3.41. The zero-order valence-electron chi connectivity index (χ0n) is 10.6. The number of hydrogen-bond donors (Lipinski definition) is 0. The third kappa shape index (κ3) is 13.0. The molecule has 0 heteroatoms. The van der Waals surface area contributed by atoms with E-state index in [0.717, 1.165) is 6.42 Å². The normalized spacial score (nSPS) is 12.9. The van der Waals surface area contributed by atoms with Crippen LogP contribution >= 0.6 is 0 Å². The molecule has 0 aromatic heterocycles. The van der Waals surface area contributed by atoms with E-state index in [1.807, 2.05) is 24.3 Å². The number of allylic oxidation sites excluding steroid dienone is 8. The van der Waals surface area contributed by atoms with Crippen molar-refractivity contribution in [3.63, 3.8) is 0 Å². The fraction of sp³-hybridized carbons (Fsp3) is 0.438. The molecule has 0 saturated carbocycles. The van der Waals surface area contributed by atoms with E-state index in [1.165, 1.54) is 32.1 Å². The Morgan fingerprint density at radius 2 is 1.38 bits per heavy atom. The molecule has 0 N–H and O–H groups in total. The monoisotopic (exact) mass is 217 g/mol. The lowest BCUT2D eigenvalue weighted by Crippen LogP contribution is -1.72. The number of hydrogen-bond acceptors (Lipinski definition) is 0. The van der Waals surface area contributed by atoms with Gasteiger partial charge < -0.3 is 0 Å². The minimum absolute atomic E-state index is 0.853. The average molecular weight is 217 g/mol. The van der Waals surface area contributed by atoms with E-state index in [9.17, 15) is 0 Å². The Labute approximate surface area is 101 Å². The topological polar surface area (TPSA) is 0 Å². The Hall–Kier alpha value is -1.04. The highest BCUT2D eigenvalue weighted by molar-refractivity contribution is 5.15. The largest absolute Gasteiger partial charge is 0.0845 e. The lowest BCUT2D eigenvalue weighted by Gasteiger charge is -1.92. The summed E-state index contributed by atoms with van der Waals surface area (Å²) in [7, 11) is 0. The van der Waals surface area contributed by atoms with Crippen LogP contribution in [0.25, 0.3) is 0 Å². The third-order valence-electron chi connectivity index (χ3n) is 2.22. The van der Waals surface area contributed by atoms with Crippen LogP contribution < -0.4 is 0 Å². The highest BCUT2D eigenvalue weighted by Crippen LogP contribution is 2.02. The van der Waals surface area contributed by atoms with Gasteiger partial charge in [-0.05, 0) is 26.2 Å². The molecule has 0 aromatic carbocycles. The van der Waals surface area contributed by atoms with E-state index >= 15 is 0 Å². The van der Waals surface area contributed by atoms with Crippen molar-refractivity contribution in [2.45, 2.75) is 45.4 Å². The smallest absolute Gasteiger partial charge is 0.0347 e. The van der Waals surface area contributed by atoms with Crippen molar-refractivity contribution in [2.24, 2.45) is 0 Å². The Bertz CT molecular complexity index is 228. The molecule has 0 aliphatic carbocycles. The highest BCUT2D eigenvalue weighted by Gasteiger charge is 1.82. The van der Waals surface area contributed by atoms with Crippen LogP contribution in [0.1, 0.15) is 45.4 Å². The quantitative estimate of drug-likeness (QED) is 0.358. The van der Waals surface area contributed by atoms with Gasteiger partial charge in [0.2, 0.25) is 0 Å². The Morgan fingerprint density at radius 1 is 0.750 bits per heavy atom. The number of unbranched alkanes of at least 4 members (excludes halogenated alkanes) is 4. The molecule has 0 aliphatic heterocycles. The third-order valence-corrected chi connectivity index (χ3v) is 2.22. The second kappa shape index (κ2) is 14.0. The zero-order valence-corrected chi connectivity index (χ0v) is 10.6. The fourth-order valence-electron chi connectivity index (χ4n) is 1.30. The molecule has 16 heavy (non-hydrogen) atoms. The molecule has 1 radical (unpaired) electrons. The summed E-state index contributed by atoms with van der Waals surface area (Å²) >= 11 is 0. The molecule has 0 unspecified atom stereocenters. The van der Waals surface area contributed by atoms with E-state index in [4.69, 9.17) is 0 Å². The molecule has 0 heterocycles. The first kappa shape index (κ1) is 15.0. The molecule has 0 rings (SSSR count). The summed E-state index contributed by atoms with van der Waals surface area (Å²) in [4.78, 5) is 0. The minimum atomic E-state index is 0.853. The molecule has 0 fully saturated rings. The van der Waals surface area contributed by atoms with Gasteiger partial charge in [-0.15, -0.1) is 0 Å². The highest BCUT2D eigenvalue weighted by atomic mass is 13.9. The second-order valence-electron chi connectivity index (χ2n) is 3.76. The van der Waals surface area contributed by atoms with E-state index in [1.54, 1.807) is 0 Å². The van der Waals surface area contributed by atoms with Gasteiger partial charge >= 0.3 is 0 Å². The van der Waals surface area contributed by atoms with Crippen molar-refractivity contribution in [3.05, 3.63) is 55.5 Å². The first-order chi connectivity index (χ1) is 7.91. The van der Waals surface area contributed by atoms with Gasteiger partial charge in [-0.3, -0.25) is 0 Å². The van der Waals surface area contributed by atoms with Crippen molar-refractivity contribution in [1.82, 2.24) is 0 Å². The predicted octanol–water partition coefficient (Wildman–Crippen LogP) is 5.41. The average Bonchev–Trinajstić information content (AvgIpc) is 2.31. The van der Waals surface area contributed by atoms with Crippen LogP contribution in [0, 0.1) is 6.92 Å². The van der Waals surface area contributed by atoms with Crippen LogP contribution in [0.2, 0.25) is 0 Å². The van der Waals surface area contributed by atoms with Crippen LogP contribution in [0.3, 0.4) is 0 Å². The van der Waals surface area contributed by atoms with Crippen molar-refractivity contribution in [3.8, 4) is 0 Å². The Morgan fingerprint density at radius 3 is 2.00 bits per heavy atom. The summed E-state index contributed by atoms with van der Waals surface area (Å²) in [5, 5.41) is 0. The first-order valence-electron chi connectivity index (χ1n) is 6.36. The van der Waals surface area contributed by atoms with Crippen molar-refractivity contribution in [2.75, 3.05) is 0 Å². The molecule has 0 spiro atoms. The second-order valence-corrected chi connectivity index (χ2v) is 3.76. The standard InChI is InChI=1S/C16H25/c1-3-5-7-9-11-13-15-16-14-12-10-8-6-4-2/h5,7,9,11,13-16H,1,3-4,6,8,10,12H2,2H3. The molecule has 0 nitrogen and oxygen atoms in total. The lowest BCUT2D eigenvalue weighted by atomic mass is 10.1. The van der Waals surface area contributed by atoms with Gasteiger partial charge in [0.1, 0.15) is 0 Å². The van der Waals surface area contributed by atoms with E-state index < -0.39 is 0 Å². The molecule has 0 atom stereocenters. The SMILES string of the molecule is [CH2]CC=CC=CC=CC=CCCCCCC. The maximum atomic E-state index is 3.72. The van der Waals surface area contributed by atoms with E-state index in [0.29, 0.717) is 0 Å². The maximum Gasteiger partial charge on any atom is -0.0347 e. The maximum absolute atomic E-state index is 3.72. The molecule has 0 aliphatic rings. The zero-order chi connectivity index (χ0) is 11.9. The molecule has 0 bridgehead atoms. The van der Waals surface area contributed by atoms with Crippen LogP contribution in [0.5, 0.6) is 0 Å².